The summed E-state index contributed by atoms with van der Waals surface area (Å²) in [5, 5.41) is 3.18. The SMILES string of the molecule is C=C(C)CCCCCNC(N)=NCc1cc(C)cc(C)c1.CCC. The van der Waals surface area contributed by atoms with E-state index in [-0.39, 0.29) is 0 Å². The molecular weight excluding hydrogens is 294 g/mol. The molecule has 1 aromatic rings. The number of hydrogen-bond donors (Lipinski definition) is 2. The maximum Gasteiger partial charge on any atom is 0.188 e. The van der Waals surface area contributed by atoms with E-state index in [4.69, 9.17) is 5.73 Å². The lowest BCUT2D eigenvalue weighted by molar-refractivity contribution is 0.660. The van der Waals surface area contributed by atoms with Crippen molar-refractivity contribution in [1.82, 2.24) is 5.32 Å². The predicted octanol–water partition coefficient (Wildman–Crippen LogP) is 5.26. The summed E-state index contributed by atoms with van der Waals surface area (Å²) in [6.45, 7) is 16.0. The van der Waals surface area contributed by atoms with E-state index in [2.05, 4.69) is 69.7 Å². The molecule has 0 saturated heterocycles. The van der Waals surface area contributed by atoms with Crippen molar-refractivity contribution in [1.29, 1.82) is 0 Å². The van der Waals surface area contributed by atoms with Crippen LogP contribution in [0.15, 0.2) is 35.3 Å². The quantitative estimate of drug-likeness (QED) is 0.295. The summed E-state index contributed by atoms with van der Waals surface area (Å²) in [6, 6.07) is 6.47. The van der Waals surface area contributed by atoms with Gasteiger partial charge in [-0.25, -0.2) is 4.99 Å². The Kier molecular flexibility index (Phi) is 12.6. The number of allylic oxidation sites excluding steroid dienone is 1. The van der Waals surface area contributed by atoms with Crippen LogP contribution in [0.5, 0.6) is 0 Å². The first-order valence-corrected chi connectivity index (χ1v) is 9.14. The highest BCUT2D eigenvalue weighted by Crippen LogP contribution is 2.09. The summed E-state index contributed by atoms with van der Waals surface area (Å²) in [4.78, 5) is 4.39. The summed E-state index contributed by atoms with van der Waals surface area (Å²) in [7, 11) is 0. The van der Waals surface area contributed by atoms with E-state index in [1.807, 2.05) is 0 Å². The third kappa shape index (κ3) is 12.7. The molecule has 136 valence electrons. The molecule has 0 atom stereocenters. The fourth-order valence-corrected chi connectivity index (χ4v) is 2.34. The van der Waals surface area contributed by atoms with Crippen molar-refractivity contribution in [3.63, 3.8) is 0 Å². The Balaban J connectivity index is 0.00000163. The Morgan fingerprint density at radius 1 is 1.08 bits per heavy atom. The molecule has 0 heterocycles. The molecule has 24 heavy (non-hydrogen) atoms. The van der Waals surface area contributed by atoms with Crippen LogP contribution in [0.2, 0.25) is 0 Å². The highest BCUT2D eigenvalue weighted by atomic mass is 15.1. The maximum absolute atomic E-state index is 5.89. The topological polar surface area (TPSA) is 50.4 Å². The van der Waals surface area contributed by atoms with Crippen molar-refractivity contribution in [2.75, 3.05) is 6.54 Å². The van der Waals surface area contributed by atoms with E-state index in [0.717, 1.165) is 19.4 Å². The van der Waals surface area contributed by atoms with E-state index in [1.54, 1.807) is 0 Å². The van der Waals surface area contributed by atoms with E-state index in [0.29, 0.717) is 12.5 Å². The first-order chi connectivity index (χ1) is 11.4. The number of unbranched alkanes of at least 4 members (excludes halogenated alkanes) is 2. The van der Waals surface area contributed by atoms with Gasteiger partial charge in [0.2, 0.25) is 0 Å². The van der Waals surface area contributed by atoms with Gasteiger partial charge in [0.05, 0.1) is 6.54 Å². The Bertz CT molecular complexity index is 484. The minimum Gasteiger partial charge on any atom is -0.370 e. The van der Waals surface area contributed by atoms with E-state index in [1.165, 1.54) is 41.5 Å². The van der Waals surface area contributed by atoms with Crippen LogP contribution in [0, 0.1) is 13.8 Å². The van der Waals surface area contributed by atoms with Gasteiger partial charge in [0.1, 0.15) is 0 Å². The van der Waals surface area contributed by atoms with Crippen molar-refractivity contribution >= 4 is 5.96 Å². The van der Waals surface area contributed by atoms with Gasteiger partial charge >= 0.3 is 0 Å². The Morgan fingerprint density at radius 2 is 1.67 bits per heavy atom. The smallest absolute Gasteiger partial charge is 0.188 e. The summed E-state index contributed by atoms with van der Waals surface area (Å²) in [6.07, 6.45) is 5.89. The fraction of sp³-hybridized carbons (Fsp3) is 0.571. The van der Waals surface area contributed by atoms with Crippen molar-refractivity contribution in [3.05, 3.63) is 47.0 Å². The zero-order chi connectivity index (χ0) is 18.4. The molecule has 0 spiro atoms. The van der Waals surface area contributed by atoms with Gasteiger partial charge in [0, 0.05) is 6.54 Å². The molecule has 0 unspecified atom stereocenters. The average Bonchev–Trinajstić information content (AvgIpc) is 2.48. The molecule has 0 saturated carbocycles. The van der Waals surface area contributed by atoms with Crippen molar-refractivity contribution in [2.24, 2.45) is 10.7 Å². The number of nitrogens with one attached hydrogen (secondary N) is 1. The van der Waals surface area contributed by atoms with Crippen molar-refractivity contribution in [3.8, 4) is 0 Å². The molecule has 0 aliphatic carbocycles. The molecule has 0 aliphatic rings. The first kappa shape index (κ1) is 22.2. The molecule has 1 aromatic carbocycles. The number of nitrogens with zero attached hydrogens (tertiary/aromatic N) is 1. The maximum atomic E-state index is 5.89. The average molecular weight is 332 g/mol. The second-order valence-corrected chi connectivity index (χ2v) is 6.60. The summed E-state index contributed by atoms with van der Waals surface area (Å²) < 4.78 is 0. The van der Waals surface area contributed by atoms with Gasteiger partial charge in [-0.15, -0.1) is 6.58 Å². The molecule has 3 heteroatoms. The molecule has 0 bridgehead atoms. The number of rotatable bonds is 8. The van der Waals surface area contributed by atoms with Crippen LogP contribution < -0.4 is 11.1 Å². The summed E-state index contributed by atoms with van der Waals surface area (Å²) in [5.74, 6) is 0.536. The van der Waals surface area contributed by atoms with Gasteiger partial charge in [-0.05, 0) is 45.6 Å². The van der Waals surface area contributed by atoms with Gasteiger partial charge in [-0.2, -0.15) is 0 Å². The lowest BCUT2D eigenvalue weighted by Gasteiger charge is -2.06. The predicted molar refractivity (Wildman–Crippen MR) is 108 cm³/mol. The Morgan fingerprint density at radius 3 is 2.21 bits per heavy atom. The number of benzene rings is 1. The second-order valence-electron chi connectivity index (χ2n) is 6.60. The van der Waals surface area contributed by atoms with Crippen LogP contribution in [0.25, 0.3) is 0 Å². The van der Waals surface area contributed by atoms with Crippen LogP contribution in [0.3, 0.4) is 0 Å². The molecule has 0 radical (unpaired) electrons. The van der Waals surface area contributed by atoms with E-state index in [9.17, 15) is 0 Å². The number of aliphatic imine (C=N–C) groups is 1. The molecule has 3 N–H and O–H groups in total. The summed E-state index contributed by atoms with van der Waals surface area (Å²) in [5.41, 5.74) is 10.9. The largest absolute Gasteiger partial charge is 0.370 e. The molecule has 0 aromatic heterocycles. The molecular formula is C21H37N3. The molecule has 0 aliphatic heterocycles. The highest BCUT2D eigenvalue weighted by Gasteiger charge is 1.97. The fourth-order valence-electron chi connectivity index (χ4n) is 2.34. The third-order valence-corrected chi connectivity index (χ3v) is 3.30. The van der Waals surface area contributed by atoms with Crippen LogP contribution >= 0.6 is 0 Å². The Labute approximate surface area is 149 Å². The van der Waals surface area contributed by atoms with E-state index < -0.39 is 0 Å². The van der Waals surface area contributed by atoms with Crippen LogP contribution in [0.1, 0.15) is 69.6 Å². The third-order valence-electron chi connectivity index (χ3n) is 3.30. The monoisotopic (exact) mass is 331 g/mol. The first-order valence-electron chi connectivity index (χ1n) is 9.14. The van der Waals surface area contributed by atoms with E-state index >= 15 is 0 Å². The molecule has 1 rings (SSSR count). The van der Waals surface area contributed by atoms with Gasteiger partial charge in [0.25, 0.3) is 0 Å². The Hall–Kier alpha value is -1.77. The molecule has 0 amide bonds. The number of guanidine groups is 1. The van der Waals surface area contributed by atoms with Gasteiger partial charge in [0.15, 0.2) is 5.96 Å². The van der Waals surface area contributed by atoms with Gasteiger partial charge in [-0.1, -0.05) is 61.6 Å². The minimum atomic E-state index is 0.536. The lowest BCUT2D eigenvalue weighted by Crippen LogP contribution is -2.32. The number of aryl methyl sites for hydroxylation is 2. The second kappa shape index (κ2) is 13.6. The lowest BCUT2D eigenvalue weighted by atomic mass is 10.1. The van der Waals surface area contributed by atoms with Crippen LogP contribution in [-0.2, 0) is 6.54 Å². The summed E-state index contributed by atoms with van der Waals surface area (Å²) >= 11 is 0. The van der Waals surface area contributed by atoms with Crippen molar-refractivity contribution < 1.29 is 0 Å². The van der Waals surface area contributed by atoms with Crippen molar-refractivity contribution in [2.45, 2.75) is 73.3 Å². The number of nitrogens with two attached hydrogens (primary N) is 1. The molecule has 0 fully saturated rings. The normalized spacial score (nSPS) is 10.8. The minimum absolute atomic E-state index is 0.536. The van der Waals surface area contributed by atoms with Gasteiger partial charge in [-0.3, -0.25) is 0 Å². The number of hydrogen-bond acceptors (Lipinski definition) is 1. The van der Waals surface area contributed by atoms with Crippen LogP contribution in [0.4, 0.5) is 0 Å². The highest BCUT2D eigenvalue weighted by molar-refractivity contribution is 5.77. The standard InChI is InChI=1S/C18H29N3.C3H8/c1-14(2)8-6-5-7-9-20-18(19)21-13-17-11-15(3)10-16(4)12-17;1-3-2/h10-12H,1,5-9,13H2,2-4H3,(H3,19,20,21);3H2,1-2H3. The molecule has 3 nitrogen and oxygen atoms in total. The zero-order valence-electron chi connectivity index (χ0n) is 16.4. The van der Waals surface area contributed by atoms with Crippen LogP contribution in [-0.4, -0.2) is 12.5 Å². The van der Waals surface area contributed by atoms with Gasteiger partial charge < -0.3 is 11.1 Å². The zero-order valence-corrected chi connectivity index (χ0v) is 16.4.